The van der Waals surface area contributed by atoms with E-state index in [1.165, 1.54) is 25.7 Å². The molecule has 0 aliphatic heterocycles. The van der Waals surface area contributed by atoms with Crippen LogP contribution in [0.2, 0.25) is 0 Å². The van der Waals surface area contributed by atoms with E-state index in [4.69, 9.17) is 4.74 Å². The number of rotatable bonds is 13. The molecule has 210 valence electrons. The van der Waals surface area contributed by atoms with Gasteiger partial charge in [-0.15, -0.1) is 0 Å². The summed E-state index contributed by atoms with van der Waals surface area (Å²) in [6.45, 7) is 4.74. The lowest BCUT2D eigenvalue weighted by atomic mass is 9.76. The van der Waals surface area contributed by atoms with Gasteiger partial charge in [0.2, 0.25) is 0 Å². The van der Waals surface area contributed by atoms with Crippen molar-refractivity contribution >= 4 is 0 Å². The second-order valence-electron chi connectivity index (χ2n) is 11.3. The standard InChI is InChI=1S/C35H43F3O/c1-3-4-5-6-7-8-23-39-33-22-15-27(24-32(33)36)12-11-26-13-18-29(19-14-26)31-21-20-30(34(37)35(31)38)28-16-9-25(2)10-17-28/h9-10,15-17,20-22,24,26,29H,3-8,11-14,18-19,23H2,1-2H3. The summed E-state index contributed by atoms with van der Waals surface area (Å²) in [6, 6.07) is 16.3. The average molecular weight is 537 g/mol. The number of benzene rings is 3. The van der Waals surface area contributed by atoms with E-state index in [1.807, 2.05) is 37.3 Å². The third kappa shape index (κ3) is 8.13. The Kier molecular flexibility index (Phi) is 10.9. The van der Waals surface area contributed by atoms with Crippen LogP contribution in [0, 0.1) is 30.3 Å². The molecule has 0 unspecified atom stereocenters. The molecule has 4 rings (SSSR count). The highest BCUT2D eigenvalue weighted by molar-refractivity contribution is 5.65. The summed E-state index contributed by atoms with van der Waals surface area (Å²) in [5.74, 6) is -0.828. The highest BCUT2D eigenvalue weighted by Gasteiger charge is 2.26. The second kappa shape index (κ2) is 14.6. The molecule has 1 aliphatic rings. The van der Waals surface area contributed by atoms with Crippen LogP contribution in [-0.4, -0.2) is 6.61 Å². The van der Waals surface area contributed by atoms with Crippen molar-refractivity contribution in [2.24, 2.45) is 5.92 Å². The molecular weight excluding hydrogens is 493 g/mol. The molecule has 0 bridgehead atoms. The number of hydrogen-bond acceptors (Lipinski definition) is 1. The molecule has 0 spiro atoms. The van der Waals surface area contributed by atoms with Crippen molar-refractivity contribution < 1.29 is 17.9 Å². The molecule has 0 amide bonds. The predicted molar refractivity (Wildman–Crippen MR) is 155 cm³/mol. The Morgan fingerprint density at radius 3 is 2.21 bits per heavy atom. The number of hydrogen-bond donors (Lipinski definition) is 0. The van der Waals surface area contributed by atoms with Crippen molar-refractivity contribution in [3.8, 4) is 16.9 Å². The molecule has 4 heteroatoms. The van der Waals surface area contributed by atoms with Gasteiger partial charge in [-0.2, -0.15) is 0 Å². The molecule has 3 aromatic rings. The molecular formula is C35H43F3O. The average Bonchev–Trinajstić information content (AvgIpc) is 2.95. The van der Waals surface area contributed by atoms with E-state index in [9.17, 15) is 8.78 Å². The second-order valence-corrected chi connectivity index (χ2v) is 11.3. The van der Waals surface area contributed by atoms with Gasteiger partial charge in [0.1, 0.15) is 0 Å². The summed E-state index contributed by atoms with van der Waals surface area (Å²) in [5.41, 5.74) is 3.59. The van der Waals surface area contributed by atoms with E-state index in [1.54, 1.807) is 24.3 Å². The van der Waals surface area contributed by atoms with Crippen LogP contribution in [-0.2, 0) is 6.42 Å². The van der Waals surface area contributed by atoms with E-state index in [2.05, 4.69) is 6.92 Å². The monoisotopic (exact) mass is 536 g/mol. The summed E-state index contributed by atoms with van der Waals surface area (Å²) in [4.78, 5) is 0. The topological polar surface area (TPSA) is 9.23 Å². The minimum absolute atomic E-state index is 0.0448. The molecule has 0 atom stereocenters. The first-order chi connectivity index (χ1) is 19.0. The Bertz CT molecular complexity index is 1180. The smallest absolute Gasteiger partial charge is 0.166 e. The minimum atomic E-state index is -0.750. The van der Waals surface area contributed by atoms with Crippen LogP contribution in [0.4, 0.5) is 13.2 Å². The molecule has 3 aromatic carbocycles. The quantitative estimate of drug-likeness (QED) is 0.197. The highest BCUT2D eigenvalue weighted by Crippen LogP contribution is 2.40. The maximum atomic E-state index is 15.1. The minimum Gasteiger partial charge on any atom is -0.491 e. The Balaban J connectivity index is 1.23. The van der Waals surface area contributed by atoms with Gasteiger partial charge in [-0.05, 0) is 92.5 Å². The Hall–Kier alpha value is -2.75. The van der Waals surface area contributed by atoms with Crippen molar-refractivity contribution in [3.63, 3.8) is 0 Å². The maximum Gasteiger partial charge on any atom is 0.166 e. The molecule has 39 heavy (non-hydrogen) atoms. The summed E-state index contributed by atoms with van der Waals surface area (Å²) in [5, 5.41) is 0. The van der Waals surface area contributed by atoms with Crippen molar-refractivity contribution in [1.82, 2.24) is 0 Å². The first-order valence-corrected chi connectivity index (χ1v) is 14.9. The lowest BCUT2D eigenvalue weighted by molar-refractivity contribution is 0.289. The van der Waals surface area contributed by atoms with Crippen molar-refractivity contribution in [2.75, 3.05) is 6.61 Å². The van der Waals surface area contributed by atoms with Crippen LogP contribution in [0.1, 0.15) is 100 Å². The molecule has 0 heterocycles. The largest absolute Gasteiger partial charge is 0.491 e. The Morgan fingerprint density at radius 2 is 1.49 bits per heavy atom. The molecule has 0 radical (unpaired) electrons. The summed E-state index contributed by atoms with van der Waals surface area (Å²) < 4.78 is 50.3. The Labute approximate surface area is 232 Å². The van der Waals surface area contributed by atoms with Crippen LogP contribution in [0.5, 0.6) is 5.75 Å². The summed E-state index contributed by atoms with van der Waals surface area (Å²) in [6.07, 6.45) is 12.5. The zero-order valence-electron chi connectivity index (χ0n) is 23.6. The third-order valence-electron chi connectivity index (χ3n) is 8.35. The molecule has 0 N–H and O–H groups in total. The maximum absolute atomic E-state index is 15.1. The molecule has 1 nitrogen and oxygen atoms in total. The van der Waals surface area contributed by atoms with Crippen LogP contribution in [0.15, 0.2) is 54.6 Å². The fourth-order valence-electron chi connectivity index (χ4n) is 5.85. The third-order valence-corrected chi connectivity index (χ3v) is 8.35. The van der Waals surface area contributed by atoms with Gasteiger partial charge in [0.15, 0.2) is 23.2 Å². The molecule has 1 fully saturated rings. The number of halogens is 3. The molecule has 0 aromatic heterocycles. The van der Waals surface area contributed by atoms with E-state index < -0.39 is 11.6 Å². The molecule has 0 saturated heterocycles. The van der Waals surface area contributed by atoms with Crippen LogP contribution >= 0.6 is 0 Å². The first kappa shape index (κ1) is 29.2. The SMILES string of the molecule is CCCCCCCCOc1ccc(CCC2CCC(c3ccc(-c4ccc(C)cc4)c(F)c3F)CC2)cc1F. The highest BCUT2D eigenvalue weighted by atomic mass is 19.2. The van der Waals surface area contributed by atoms with E-state index in [0.717, 1.165) is 62.5 Å². The number of aryl methyl sites for hydroxylation is 2. The van der Waals surface area contributed by atoms with Gasteiger partial charge >= 0.3 is 0 Å². The Morgan fingerprint density at radius 1 is 0.769 bits per heavy atom. The van der Waals surface area contributed by atoms with E-state index in [-0.39, 0.29) is 11.7 Å². The molecule has 1 aliphatic carbocycles. The van der Waals surface area contributed by atoms with E-state index >= 15 is 4.39 Å². The predicted octanol–water partition coefficient (Wildman–Crippen LogP) is 10.7. The first-order valence-electron chi connectivity index (χ1n) is 14.9. The van der Waals surface area contributed by atoms with Crippen molar-refractivity contribution in [1.29, 1.82) is 0 Å². The van der Waals surface area contributed by atoms with Gasteiger partial charge < -0.3 is 4.74 Å². The summed E-state index contributed by atoms with van der Waals surface area (Å²) >= 11 is 0. The lowest BCUT2D eigenvalue weighted by Gasteiger charge is -2.29. The van der Waals surface area contributed by atoms with Crippen molar-refractivity contribution in [3.05, 3.63) is 88.7 Å². The number of ether oxygens (including phenoxy) is 1. The van der Waals surface area contributed by atoms with Gasteiger partial charge in [0.05, 0.1) is 6.61 Å². The zero-order valence-corrected chi connectivity index (χ0v) is 23.6. The summed E-state index contributed by atoms with van der Waals surface area (Å²) in [7, 11) is 0. The van der Waals surface area contributed by atoms with Gasteiger partial charge in [-0.1, -0.05) is 87.1 Å². The van der Waals surface area contributed by atoms with Gasteiger partial charge in [-0.25, -0.2) is 13.2 Å². The fraction of sp³-hybridized carbons (Fsp3) is 0.486. The zero-order chi connectivity index (χ0) is 27.6. The van der Waals surface area contributed by atoms with E-state index in [0.29, 0.717) is 35.0 Å². The molecule has 1 saturated carbocycles. The van der Waals surface area contributed by atoms with Crippen molar-refractivity contribution in [2.45, 2.75) is 96.8 Å². The van der Waals surface area contributed by atoms with Crippen LogP contribution < -0.4 is 4.74 Å². The number of unbranched alkanes of at least 4 members (excludes halogenated alkanes) is 5. The van der Waals surface area contributed by atoms with Crippen LogP contribution in [0.3, 0.4) is 0 Å². The fourth-order valence-corrected chi connectivity index (χ4v) is 5.85. The van der Waals surface area contributed by atoms with Gasteiger partial charge in [-0.3, -0.25) is 0 Å². The lowest BCUT2D eigenvalue weighted by Crippen LogP contribution is -2.15. The van der Waals surface area contributed by atoms with Gasteiger partial charge in [0.25, 0.3) is 0 Å². The van der Waals surface area contributed by atoms with Gasteiger partial charge in [0, 0.05) is 5.56 Å². The van der Waals surface area contributed by atoms with Crippen LogP contribution in [0.25, 0.3) is 11.1 Å². The normalized spacial score (nSPS) is 17.4.